The zero-order valence-electron chi connectivity index (χ0n) is 9.57. The molecule has 1 atom stereocenters. The number of hydrogen-bond acceptors (Lipinski definition) is 3. The molecule has 0 aliphatic heterocycles. The maximum absolute atomic E-state index is 13.4. The Morgan fingerprint density at radius 2 is 2.17 bits per heavy atom. The molecule has 1 aromatic heterocycles. The van der Waals surface area contributed by atoms with E-state index in [0.29, 0.717) is 18.7 Å². The molecule has 0 aliphatic carbocycles. The molecule has 0 bridgehead atoms. The lowest BCUT2D eigenvalue weighted by Crippen LogP contribution is -2.21. The van der Waals surface area contributed by atoms with Crippen molar-refractivity contribution in [1.82, 2.24) is 5.32 Å². The number of hydrogen-bond donors (Lipinski definition) is 2. The summed E-state index contributed by atoms with van der Waals surface area (Å²) in [6.45, 7) is 0.998. The lowest BCUT2D eigenvalue weighted by Gasteiger charge is -2.12. The van der Waals surface area contributed by atoms with Gasteiger partial charge < -0.3 is 10.4 Å². The third kappa shape index (κ3) is 3.62. The topological polar surface area (TPSA) is 32.3 Å². The molecule has 1 aromatic carbocycles. The van der Waals surface area contributed by atoms with Crippen molar-refractivity contribution < 1.29 is 9.50 Å². The molecule has 1 heterocycles. The van der Waals surface area contributed by atoms with Gasteiger partial charge in [-0.2, -0.15) is 0 Å². The Morgan fingerprint density at radius 3 is 2.83 bits per heavy atom. The average molecular weight is 330 g/mol. The fraction of sp³-hybridized carbons (Fsp3) is 0.231. The quantitative estimate of drug-likeness (QED) is 0.880. The van der Waals surface area contributed by atoms with Gasteiger partial charge >= 0.3 is 0 Å². The Balaban J connectivity index is 1.85. The van der Waals surface area contributed by atoms with Crippen molar-refractivity contribution in [2.45, 2.75) is 12.6 Å². The van der Waals surface area contributed by atoms with E-state index in [1.165, 1.54) is 10.9 Å². The summed E-state index contributed by atoms with van der Waals surface area (Å²) in [5, 5.41) is 15.0. The van der Waals surface area contributed by atoms with Gasteiger partial charge in [-0.3, -0.25) is 0 Å². The first-order valence-electron chi connectivity index (χ1n) is 5.53. The van der Waals surface area contributed by atoms with Crippen LogP contribution >= 0.6 is 27.3 Å². The Kier molecular flexibility index (Phi) is 4.88. The minimum Gasteiger partial charge on any atom is -0.387 e. The summed E-state index contributed by atoms with van der Waals surface area (Å²) in [4.78, 5) is 1.17. The normalized spacial score (nSPS) is 12.6. The second kappa shape index (κ2) is 6.43. The van der Waals surface area contributed by atoms with Crippen LogP contribution in [0.5, 0.6) is 0 Å². The molecule has 2 nitrogen and oxygen atoms in total. The minimum absolute atomic E-state index is 0.330. The van der Waals surface area contributed by atoms with Crippen LogP contribution in [0, 0.1) is 5.82 Å². The number of rotatable bonds is 5. The highest BCUT2D eigenvalue weighted by molar-refractivity contribution is 9.10. The number of nitrogens with one attached hydrogen (secondary N) is 1. The standard InChI is InChI=1S/C13H13BrFNOS/c14-9-5-10(18-8-9)6-16-7-13(17)11-3-1-2-4-12(11)15/h1-5,8,13,16-17H,6-7H2. The van der Waals surface area contributed by atoms with Crippen molar-refractivity contribution in [3.63, 3.8) is 0 Å². The van der Waals surface area contributed by atoms with E-state index in [1.54, 1.807) is 29.5 Å². The third-order valence-corrected chi connectivity index (χ3v) is 4.22. The highest BCUT2D eigenvalue weighted by atomic mass is 79.9. The van der Waals surface area contributed by atoms with E-state index >= 15 is 0 Å². The van der Waals surface area contributed by atoms with Gasteiger partial charge in [-0.1, -0.05) is 18.2 Å². The Bertz CT molecular complexity index is 517. The third-order valence-electron chi connectivity index (χ3n) is 2.52. The molecule has 5 heteroatoms. The van der Waals surface area contributed by atoms with Crippen molar-refractivity contribution in [2.75, 3.05) is 6.54 Å². The summed E-state index contributed by atoms with van der Waals surface area (Å²) in [5.41, 5.74) is 0.331. The van der Waals surface area contributed by atoms with Crippen LogP contribution in [-0.2, 0) is 6.54 Å². The first-order valence-corrected chi connectivity index (χ1v) is 7.20. The number of benzene rings is 1. The van der Waals surface area contributed by atoms with E-state index in [1.807, 2.05) is 11.4 Å². The van der Waals surface area contributed by atoms with Crippen LogP contribution in [0.4, 0.5) is 4.39 Å². The van der Waals surface area contributed by atoms with E-state index < -0.39 is 6.10 Å². The highest BCUT2D eigenvalue weighted by Gasteiger charge is 2.11. The fourth-order valence-electron chi connectivity index (χ4n) is 1.63. The summed E-state index contributed by atoms with van der Waals surface area (Å²) in [6, 6.07) is 8.31. The second-order valence-electron chi connectivity index (χ2n) is 3.90. The van der Waals surface area contributed by atoms with E-state index in [2.05, 4.69) is 21.2 Å². The molecule has 2 aromatic rings. The predicted molar refractivity (Wildman–Crippen MR) is 75.1 cm³/mol. The van der Waals surface area contributed by atoms with Gasteiger partial charge in [0, 0.05) is 33.4 Å². The fourth-order valence-corrected chi connectivity index (χ4v) is 3.05. The van der Waals surface area contributed by atoms with E-state index in [0.717, 1.165) is 4.47 Å². The molecule has 96 valence electrons. The van der Waals surface area contributed by atoms with Crippen molar-refractivity contribution in [1.29, 1.82) is 0 Å². The summed E-state index contributed by atoms with van der Waals surface area (Å²) in [5.74, 6) is -0.370. The monoisotopic (exact) mass is 329 g/mol. The molecule has 0 amide bonds. The van der Waals surface area contributed by atoms with Crippen molar-refractivity contribution in [3.8, 4) is 0 Å². The van der Waals surface area contributed by atoms with E-state index in [-0.39, 0.29) is 5.82 Å². The second-order valence-corrected chi connectivity index (χ2v) is 5.81. The maximum atomic E-state index is 13.4. The number of halogens is 2. The summed E-state index contributed by atoms with van der Waals surface area (Å²) >= 11 is 5.02. The molecule has 2 N–H and O–H groups in total. The number of aliphatic hydroxyl groups excluding tert-OH is 1. The van der Waals surface area contributed by atoms with Crippen LogP contribution in [0.1, 0.15) is 16.5 Å². The van der Waals surface area contributed by atoms with Gasteiger partial charge in [-0.25, -0.2) is 4.39 Å². The summed E-state index contributed by atoms with van der Waals surface area (Å²) in [7, 11) is 0. The smallest absolute Gasteiger partial charge is 0.129 e. The minimum atomic E-state index is -0.824. The molecule has 1 unspecified atom stereocenters. The molecule has 0 saturated carbocycles. The molecular formula is C13H13BrFNOS. The Morgan fingerprint density at radius 1 is 1.39 bits per heavy atom. The lowest BCUT2D eigenvalue weighted by atomic mass is 10.1. The van der Waals surface area contributed by atoms with Crippen LogP contribution in [0.25, 0.3) is 0 Å². The molecule has 2 rings (SSSR count). The molecule has 18 heavy (non-hydrogen) atoms. The molecule has 0 aliphatic rings. The SMILES string of the molecule is OC(CNCc1cc(Br)cs1)c1ccccc1F. The van der Waals surface area contributed by atoms with Gasteiger partial charge in [0.1, 0.15) is 5.82 Å². The van der Waals surface area contributed by atoms with Crippen LogP contribution < -0.4 is 5.32 Å². The van der Waals surface area contributed by atoms with Crippen LogP contribution in [-0.4, -0.2) is 11.7 Å². The van der Waals surface area contributed by atoms with Gasteiger partial charge in [0.25, 0.3) is 0 Å². The van der Waals surface area contributed by atoms with Gasteiger partial charge in [0.15, 0.2) is 0 Å². The average Bonchev–Trinajstić information content (AvgIpc) is 2.75. The van der Waals surface area contributed by atoms with Gasteiger partial charge in [0.05, 0.1) is 6.10 Å². The van der Waals surface area contributed by atoms with Crippen LogP contribution in [0.2, 0.25) is 0 Å². The molecule has 0 radical (unpaired) electrons. The van der Waals surface area contributed by atoms with Crippen molar-refractivity contribution in [3.05, 3.63) is 56.4 Å². The lowest BCUT2D eigenvalue weighted by molar-refractivity contribution is 0.170. The maximum Gasteiger partial charge on any atom is 0.129 e. The highest BCUT2D eigenvalue weighted by Crippen LogP contribution is 2.20. The van der Waals surface area contributed by atoms with Crippen LogP contribution in [0.15, 0.2) is 40.2 Å². The van der Waals surface area contributed by atoms with E-state index in [9.17, 15) is 9.50 Å². The zero-order chi connectivity index (χ0) is 13.0. The largest absolute Gasteiger partial charge is 0.387 e. The van der Waals surface area contributed by atoms with Gasteiger partial charge in [-0.15, -0.1) is 11.3 Å². The summed E-state index contributed by atoms with van der Waals surface area (Å²) in [6.07, 6.45) is -0.824. The predicted octanol–water partition coefficient (Wildman–Crippen LogP) is 3.47. The van der Waals surface area contributed by atoms with E-state index in [4.69, 9.17) is 0 Å². The van der Waals surface area contributed by atoms with Crippen LogP contribution in [0.3, 0.4) is 0 Å². The Labute approximate surface area is 118 Å². The molecule has 0 fully saturated rings. The number of thiophene rings is 1. The molecular weight excluding hydrogens is 317 g/mol. The van der Waals surface area contributed by atoms with Gasteiger partial charge in [0.2, 0.25) is 0 Å². The first-order chi connectivity index (χ1) is 8.66. The van der Waals surface area contributed by atoms with Crippen molar-refractivity contribution in [2.24, 2.45) is 0 Å². The zero-order valence-corrected chi connectivity index (χ0v) is 12.0. The van der Waals surface area contributed by atoms with Gasteiger partial charge in [-0.05, 0) is 28.1 Å². The molecule has 0 spiro atoms. The Hall–Kier alpha value is -0.750. The van der Waals surface area contributed by atoms with Crippen molar-refractivity contribution >= 4 is 27.3 Å². The molecule has 0 saturated heterocycles. The summed E-state index contributed by atoms with van der Waals surface area (Å²) < 4.78 is 14.5. The number of aliphatic hydroxyl groups is 1. The first kappa shape index (κ1) is 13.7.